The quantitative estimate of drug-likeness (QED) is 0.341. The number of anilines is 1. The summed E-state index contributed by atoms with van der Waals surface area (Å²) in [5.74, 6) is -0.646. The molecule has 0 unspecified atom stereocenters. The molecule has 1 aliphatic carbocycles. The zero-order valence-electron chi connectivity index (χ0n) is 15.2. The molecule has 1 aromatic carbocycles. The summed E-state index contributed by atoms with van der Waals surface area (Å²) in [6.07, 6.45) is 5.94. The van der Waals surface area contributed by atoms with Crippen LogP contribution in [0.5, 0.6) is 5.75 Å². The molecule has 0 saturated heterocycles. The van der Waals surface area contributed by atoms with Crippen LogP contribution in [-0.2, 0) is 14.3 Å². The summed E-state index contributed by atoms with van der Waals surface area (Å²) in [4.78, 5) is 11.3. The SMILES string of the molecule is N=CCOCCOCCOc1c(Cl)cc(NC2=C(C(=O)O)C=CCC2)cc1Cl. The first-order valence-electron chi connectivity index (χ1n) is 8.69. The monoisotopic (exact) mass is 428 g/mol. The number of rotatable bonds is 12. The van der Waals surface area contributed by atoms with Gasteiger partial charge in [0.05, 0.1) is 42.0 Å². The molecule has 2 rings (SSSR count). The van der Waals surface area contributed by atoms with E-state index in [2.05, 4.69) is 5.32 Å². The molecule has 0 amide bonds. The van der Waals surface area contributed by atoms with Crippen molar-refractivity contribution in [2.75, 3.05) is 38.4 Å². The van der Waals surface area contributed by atoms with Gasteiger partial charge in [-0.3, -0.25) is 0 Å². The number of carboxylic acids is 1. The van der Waals surface area contributed by atoms with Crippen LogP contribution in [0.3, 0.4) is 0 Å². The first-order valence-corrected chi connectivity index (χ1v) is 9.44. The predicted molar refractivity (Wildman–Crippen MR) is 109 cm³/mol. The van der Waals surface area contributed by atoms with E-state index in [1.807, 2.05) is 6.08 Å². The van der Waals surface area contributed by atoms with Crippen LogP contribution < -0.4 is 10.1 Å². The lowest BCUT2D eigenvalue weighted by molar-refractivity contribution is -0.132. The fourth-order valence-corrected chi connectivity index (χ4v) is 3.10. The van der Waals surface area contributed by atoms with Crippen LogP contribution in [0.2, 0.25) is 10.0 Å². The number of aliphatic carboxylic acids is 1. The molecule has 9 heteroatoms. The van der Waals surface area contributed by atoms with Gasteiger partial charge in [-0.2, -0.15) is 0 Å². The van der Waals surface area contributed by atoms with Gasteiger partial charge in [-0.05, 0) is 31.1 Å². The maximum atomic E-state index is 11.3. The summed E-state index contributed by atoms with van der Waals surface area (Å²) < 4.78 is 16.0. The average Bonchev–Trinajstić information content (AvgIpc) is 2.66. The molecular formula is C19H22Cl2N2O5. The van der Waals surface area contributed by atoms with Crippen molar-refractivity contribution in [2.45, 2.75) is 12.8 Å². The van der Waals surface area contributed by atoms with Crippen LogP contribution in [0, 0.1) is 5.41 Å². The summed E-state index contributed by atoms with van der Waals surface area (Å²) in [6.45, 7) is 1.67. The Hall–Kier alpha value is -2.06. The third-order valence-corrected chi connectivity index (χ3v) is 4.30. The molecule has 0 saturated carbocycles. The Labute approximate surface area is 173 Å². The van der Waals surface area contributed by atoms with Gasteiger partial charge in [0, 0.05) is 17.6 Å². The van der Waals surface area contributed by atoms with Gasteiger partial charge in [0.1, 0.15) is 6.61 Å². The van der Waals surface area contributed by atoms with Crippen molar-refractivity contribution >= 4 is 41.1 Å². The highest BCUT2D eigenvalue weighted by Crippen LogP contribution is 2.37. The molecule has 0 spiro atoms. The summed E-state index contributed by atoms with van der Waals surface area (Å²) in [6, 6.07) is 3.28. The number of hydrogen-bond donors (Lipinski definition) is 3. The zero-order chi connectivity index (χ0) is 20.4. The molecule has 0 heterocycles. The van der Waals surface area contributed by atoms with Crippen LogP contribution in [0.25, 0.3) is 0 Å². The minimum atomic E-state index is -0.987. The normalized spacial score (nSPS) is 13.5. The van der Waals surface area contributed by atoms with E-state index in [1.54, 1.807) is 18.2 Å². The van der Waals surface area contributed by atoms with Crippen LogP contribution in [0.1, 0.15) is 12.8 Å². The molecule has 152 valence electrons. The number of ether oxygens (including phenoxy) is 3. The lowest BCUT2D eigenvalue weighted by Gasteiger charge is -2.17. The highest BCUT2D eigenvalue weighted by Gasteiger charge is 2.16. The highest BCUT2D eigenvalue weighted by atomic mass is 35.5. The third kappa shape index (κ3) is 6.83. The number of hydrogen-bond acceptors (Lipinski definition) is 6. The number of carboxylic acid groups (broad SMARTS) is 1. The fraction of sp³-hybridized carbons (Fsp3) is 0.368. The maximum Gasteiger partial charge on any atom is 0.337 e. The van der Waals surface area contributed by atoms with Gasteiger partial charge in [-0.25, -0.2) is 4.79 Å². The second-order valence-corrected chi connectivity index (χ2v) is 6.59. The molecule has 3 N–H and O–H groups in total. The number of halogens is 2. The molecule has 28 heavy (non-hydrogen) atoms. The Morgan fingerprint density at radius 2 is 1.86 bits per heavy atom. The molecule has 0 bridgehead atoms. The van der Waals surface area contributed by atoms with E-state index in [1.165, 1.54) is 6.21 Å². The van der Waals surface area contributed by atoms with Crippen molar-refractivity contribution in [1.29, 1.82) is 5.41 Å². The summed E-state index contributed by atoms with van der Waals surface area (Å²) in [5, 5.41) is 19.8. The number of carbonyl (C=O) groups is 1. The predicted octanol–water partition coefficient (Wildman–Crippen LogP) is 4.16. The zero-order valence-corrected chi connectivity index (χ0v) is 16.7. The first-order chi connectivity index (χ1) is 13.5. The Bertz CT molecular complexity index is 742. The van der Waals surface area contributed by atoms with Gasteiger partial charge in [0.25, 0.3) is 0 Å². The molecule has 0 fully saturated rings. The highest BCUT2D eigenvalue weighted by molar-refractivity contribution is 6.37. The smallest absolute Gasteiger partial charge is 0.337 e. The van der Waals surface area contributed by atoms with E-state index in [0.717, 1.165) is 6.42 Å². The summed E-state index contributed by atoms with van der Waals surface area (Å²) >= 11 is 12.5. The second kappa shape index (κ2) is 11.7. The molecule has 0 aliphatic heterocycles. The van der Waals surface area contributed by atoms with Gasteiger partial charge in [0.2, 0.25) is 0 Å². The van der Waals surface area contributed by atoms with Gasteiger partial charge >= 0.3 is 5.97 Å². The van der Waals surface area contributed by atoms with E-state index in [9.17, 15) is 9.90 Å². The van der Waals surface area contributed by atoms with Crippen LogP contribution in [0.15, 0.2) is 35.6 Å². The minimum Gasteiger partial charge on any atom is -0.488 e. The van der Waals surface area contributed by atoms with Crippen LogP contribution in [0.4, 0.5) is 5.69 Å². The maximum absolute atomic E-state index is 11.3. The van der Waals surface area contributed by atoms with Crippen molar-refractivity contribution in [3.63, 3.8) is 0 Å². The van der Waals surface area contributed by atoms with Crippen LogP contribution >= 0.6 is 23.2 Å². The largest absolute Gasteiger partial charge is 0.488 e. The molecule has 1 aromatic rings. The fourth-order valence-electron chi connectivity index (χ4n) is 2.50. The lowest BCUT2D eigenvalue weighted by Crippen LogP contribution is -2.12. The molecular weight excluding hydrogens is 407 g/mol. The lowest BCUT2D eigenvalue weighted by atomic mass is 10.0. The van der Waals surface area contributed by atoms with Crippen molar-refractivity contribution in [3.05, 3.63) is 45.6 Å². The minimum absolute atomic E-state index is 0.223. The van der Waals surface area contributed by atoms with E-state index >= 15 is 0 Å². The Kier molecular flexibility index (Phi) is 9.30. The Morgan fingerprint density at radius 1 is 1.18 bits per heavy atom. The summed E-state index contributed by atoms with van der Waals surface area (Å²) in [5.41, 5.74) is 1.42. The van der Waals surface area contributed by atoms with E-state index in [0.29, 0.717) is 53.4 Å². The van der Waals surface area contributed by atoms with Crippen molar-refractivity contribution < 1.29 is 24.1 Å². The van der Waals surface area contributed by atoms with Crippen molar-refractivity contribution in [2.24, 2.45) is 0 Å². The van der Waals surface area contributed by atoms with Crippen LogP contribution in [-0.4, -0.2) is 50.3 Å². The number of allylic oxidation sites excluding steroid dienone is 2. The molecule has 0 radical (unpaired) electrons. The number of benzene rings is 1. The molecule has 1 aliphatic rings. The van der Waals surface area contributed by atoms with Crippen molar-refractivity contribution in [1.82, 2.24) is 0 Å². The average molecular weight is 429 g/mol. The van der Waals surface area contributed by atoms with E-state index in [4.69, 9.17) is 42.8 Å². The van der Waals surface area contributed by atoms with Gasteiger partial charge in [-0.1, -0.05) is 29.3 Å². The number of nitrogens with one attached hydrogen (secondary N) is 2. The molecule has 0 atom stereocenters. The third-order valence-electron chi connectivity index (χ3n) is 3.74. The van der Waals surface area contributed by atoms with Gasteiger partial charge in [0.15, 0.2) is 5.75 Å². The second-order valence-electron chi connectivity index (χ2n) is 5.77. The molecule has 7 nitrogen and oxygen atoms in total. The Balaban J connectivity index is 1.91. The summed E-state index contributed by atoms with van der Waals surface area (Å²) in [7, 11) is 0. The van der Waals surface area contributed by atoms with Gasteiger partial charge < -0.3 is 30.0 Å². The first kappa shape index (κ1) is 22.2. The van der Waals surface area contributed by atoms with Crippen molar-refractivity contribution in [3.8, 4) is 5.75 Å². The topological polar surface area (TPSA) is 101 Å². The van der Waals surface area contributed by atoms with E-state index in [-0.39, 0.29) is 18.8 Å². The Morgan fingerprint density at radius 3 is 2.54 bits per heavy atom. The van der Waals surface area contributed by atoms with Gasteiger partial charge in [-0.15, -0.1) is 0 Å². The molecule has 0 aromatic heterocycles. The van der Waals surface area contributed by atoms with E-state index < -0.39 is 5.97 Å². The standard InChI is InChI=1S/C19H22Cl2N2O5/c20-15-11-13(23-17-4-2-1-3-14(17)19(24)25)12-16(21)18(15)28-10-9-27-8-7-26-6-5-22/h1,3,5,11-12,22-23H,2,4,6-10H2,(H,24,25).